The van der Waals surface area contributed by atoms with Gasteiger partial charge in [-0.05, 0) is 31.1 Å². The molecule has 0 aromatic rings. The first-order valence-corrected chi connectivity index (χ1v) is 6.45. The van der Waals surface area contributed by atoms with Crippen LogP contribution in [0.1, 0.15) is 25.7 Å². The van der Waals surface area contributed by atoms with Crippen molar-refractivity contribution >= 4 is 46.4 Å². The number of hydrogen-bond acceptors (Lipinski definition) is 0. The van der Waals surface area contributed by atoms with E-state index in [1.165, 1.54) is 6.42 Å². The molecule has 2 bridgehead atoms. The Hall–Kier alpha value is 0.900. The van der Waals surface area contributed by atoms with Gasteiger partial charge >= 0.3 is 0 Å². The van der Waals surface area contributed by atoms with E-state index in [4.69, 9.17) is 46.4 Å². The Labute approximate surface area is 104 Å². The van der Waals surface area contributed by atoms with Gasteiger partial charge < -0.3 is 0 Å². The summed E-state index contributed by atoms with van der Waals surface area (Å²) in [6, 6.07) is 0. The van der Waals surface area contributed by atoms with Crippen molar-refractivity contribution in [3.63, 3.8) is 0 Å². The van der Waals surface area contributed by atoms with Crippen molar-refractivity contribution in [2.45, 2.75) is 35.4 Å². The molecule has 0 saturated heterocycles. The summed E-state index contributed by atoms with van der Waals surface area (Å²) >= 11 is 25.5. The number of fused-ring (bicyclic) bond motifs is 5. The molecule has 2 fully saturated rings. The van der Waals surface area contributed by atoms with Crippen LogP contribution in [0.4, 0.5) is 0 Å². The fraction of sp³-hybridized carbons (Fsp3) is 0.800. The summed E-state index contributed by atoms with van der Waals surface area (Å²) in [6.45, 7) is 0. The largest absolute Gasteiger partial charge is 0.113 e. The van der Waals surface area contributed by atoms with Gasteiger partial charge in [-0.2, -0.15) is 0 Å². The predicted molar refractivity (Wildman–Crippen MR) is 61.3 cm³/mol. The van der Waals surface area contributed by atoms with E-state index in [0.29, 0.717) is 21.9 Å². The molecular weight excluding hydrogens is 262 g/mol. The van der Waals surface area contributed by atoms with Gasteiger partial charge in [0.05, 0.1) is 19.8 Å². The number of allylic oxidation sites excluding steroid dienone is 2. The van der Waals surface area contributed by atoms with Gasteiger partial charge in [-0.15, -0.1) is 23.2 Å². The second-order valence-electron chi connectivity index (χ2n) is 4.67. The lowest BCUT2D eigenvalue weighted by molar-refractivity contribution is 0.382. The van der Waals surface area contributed by atoms with Gasteiger partial charge in [-0.3, -0.25) is 0 Å². The molecule has 0 spiro atoms. The molecule has 0 aromatic carbocycles. The smallest absolute Gasteiger partial charge is 0.0865 e. The van der Waals surface area contributed by atoms with E-state index in [2.05, 4.69) is 0 Å². The van der Waals surface area contributed by atoms with E-state index >= 15 is 0 Å². The Kier molecular flexibility index (Phi) is 1.99. The zero-order chi connectivity index (χ0) is 10.1. The molecule has 3 rings (SSSR count). The molecule has 0 radical (unpaired) electrons. The van der Waals surface area contributed by atoms with Crippen LogP contribution in [0.5, 0.6) is 0 Å². The predicted octanol–water partition coefficient (Wildman–Crippen LogP) is 4.46. The first kappa shape index (κ1) is 10.1. The van der Waals surface area contributed by atoms with Crippen LogP contribution >= 0.6 is 46.4 Å². The zero-order valence-electron chi connectivity index (χ0n) is 7.49. The first-order valence-electron chi connectivity index (χ1n) is 4.94. The number of halogens is 4. The lowest BCUT2D eigenvalue weighted by Crippen LogP contribution is -2.32. The highest BCUT2D eigenvalue weighted by Gasteiger charge is 2.69. The molecule has 0 aromatic heterocycles. The van der Waals surface area contributed by atoms with E-state index in [9.17, 15) is 0 Å². The third-order valence-electron chi connectivity index (χ3n) is 4.13. The van der Waals surface area contributed by atoms with Crippen LogP contribution in [0, 0.1) is 11.8 Å². The molecule has 78 valence electrons. The van der Waals surface area contributed by atoms with Crippen LogP contribution in [0.2, 0.25) is 0 Å². The summed E-state index contributed by atoms with van der Waals surface area (Å²) in [5.41, 5.74) is 0. The number of hydrogen-bond donors (Lipinski definition) is 0. The van der Waals surface area contributed by atoms with Crippen LogP contribution in [0.15, 0.2) is 10.1 Å². The van der Waals surface area contributed by atoms with Crippen molar-refractivity contribution in [2.24, 2.45) is 11.8 Å². The standard InChI is InChI=1S/C10H10Cl4/c11-7-8(12)10(14)4-9(7,13)5-2-1-3-6(5)10/h5-6H,1-4H2/t5-,6+,9-,10+. The first-order chi connectivity index (χ1) is 6.50. The van der Waals surface area contributed by atoms with Gasteiger partial charge in [0.2, 0.25) is 0 Å². The fourth-order valence-corrected chi connectivity index (χ4v) is 5.59. The van der Waals surface area contributed by atoms with Gasteiger partial charge in [0, 0.05) is 0 Å². The van der Waals surface area contributed by atoms with Gasteiger partial charge in [0.15, 0.2) is 0 Å². The molecule has 0 nitrogen and oxygen atoms in total. The lowest BCUT2D eigenvalue weighted by Gasteiger charge is -2.32. The second-order valence-corrected chi connectivity index (χ2v) is 6.78. The molecule has 14 heavy (non-hydrogen) atoms. The molecule has 3 aliphatic rings. The van der Waals surface area contributed by atoms with E-state index in [1.807, 2.05) is 0 Å². The Morgan fingerprint density at radius 2 is 1.36 bits per heavy atom. The summed E-state index contributed by atoms with van der Waals surface area (Å²) in [7, 11) is 0. The average molecular weight is 272 g/mol. The highest BCUT2D eigenvalue weighted by Crippen LogP contribution is 2.71. The van der Waals surface area contributed by atoms with E-state index < -0.39 is 9.75 Å². The van der Waals surface area contributed by atoms with Gasteiger partial charge in [-0.25, -0.2) is 0 Å². The minimum Gasteiger partial charge on any atom is -0.113 e. The summed E-state index contributed by atoms with van der Waals surface area (Å²) in [6.07, 6.45) is 4.20. The summed E-state index contributed by atoms with van der Waals surface area (Å²) in [5, 5.41) is 1.22. The highest BCUT2D eigenvalue weighted by atomic mass is 35.5. The Balaban J connectivity index is 2.18. The van der Waals surface area contributed by atoms with Crippen molar-refractivity contribution in [2.75, 3.05) is 0 Å². The zero-order valence-corrected chi connectivity index (χ0v) is 10.5. The Morgan fingerprint density at radius 1 is 0.929 bits per heavy atom. The molecule has 4 heteroatoms. The Bertz CT molecular complexity index is 307. The number of alkyl halides is 2. The van der Waals surface area contributed by atoms with E-state index in [1.54, 1.807) is 0 Å². The molecule has 0 unspecified atom stereocenters. The van der Waals surface area contributed by atoms with Crippen molar-refractivity contribution in [3.8, 4) is 0 Å². The maximum atomic E-state index is 6.57. The van der Waals surface area contributed by atoms with Gasteiger partial charge in [0.25, 0.3) is 0 Å². The van der Waals surface area contributed by atoms with E-state index in [0.717, 1.165) is 19.3 Å². The van der Waals surface area contributed by atoms with Crippen LogP contribution in [-0.2, 0) is 0 Å². The van der Waals surface area contributed by atoms with Crippen molar-refractivity contribution in [1.82, 2.24) is 0 Å². The highest BCUT2D eigenvalue weighted by molar-refractivity contribution is 6.51. The maximum Gasteiger partial charge on any atom is 0.0865 e. The van der Waals surface area contributed by atoms with Crippen LogP contribution in [0.3, 0.4) is 0 Å². The SMILES string of the molecule is ClC1=C(Cl)[C@@]2(Cl)C[C@]1(Cl)[C@H]1CCC[C@H]12. The fourth-order valence-electron chi connectivity index (χ4n) is 3.54. The van der Waals surface area contributed by atoms with Gasteiger partial charge in [0.1, 0.15) is 0 Å². The Morgan fingerprint density at radius 3 is 1.79 bits per heavy atom. The molecule has 0 heterocycles. The molecule has 0 N–H and O–H groups in total. The van der Waals surface area contributed by atoms with Crippen LogP contribution < -0.4 is 0 Å². The molecule has 2 saturated carbocycles. The molecule has 0 amide bonds. The molecule has 4 atom stereocenters. The molecule has 0 aliphatic heterocycles. The monoisotopic (exact) mass is 270 g/mol. The average Bonchev–Trinajstić information content (AvgIpc) is 2.72. The third kappa shape index (κ3) is 0.906. The van der Waals surface area contributed by atoms with Crippen LogP contribution in [0.25, 0.3) is 0 Å². The molecule has 3 aliphatic carbocycles. The summed E-state index contributed by atoms with van der Waals surface area (Å²) in [5.74, 6) is 0.883. The van der Waals surface area contributed by atoms with Crippen LogP contribution in [-0.4, -0.2) is 9.75 Å². The second kappa shape index (κ2) is 2.77. The normalized spacial score (nSPS) is 55.7. The maximum absolute atomic E-state index is 6.57. The quantitative estimate of drug-likeness (QED) is 0.571. The van der Waals surface area contributed by atoms with Gasteiger partial charge in [-0.1, -0.05) is 29.6 Å². The summed E-state index contributed by atoms with van der Waals surface area (Å²) in [4.78, 5) is -0.886. The lowest BCUT2D eigenvalue weighted by atomic mass is 9.85. The van der Waals surface area contributed by atoms with E-state index in [-0.39, 0.29) is 0 Å². The van der Waals surface area contributed by atoms with Crippen molar-refractivity contribution < 1.29 is 0 Å². The minimum absolute atomic E-state index is 0.441. The van der Waals surface area contributed by atoms with Crippen molar-refractivity contribution in [3.05, 3.63) is 10.1 Å². The topological polar surface area (TPSA) is 0 Å². The minimum atomic E-state index is -0.443. The third-order valence-corrected chi connectivity index (χ3v) is 6.68. The van der Waals surface area contributed by atoms with Crippen molar-refractivity contribution in [1.29, 1.82) is 0 Å². The molecular formula is C10H10Cl4. The summed E-state index contributed by atoms with van der Waals surface area (Å²) < 4.78 is 0. The number of rotatable bonds is 0.